The predicted octanol–water partition coefficient (Wildman–Crippen LogP) is 0.823. The molecule has 600 valence electrons. The second-order valence-electron chi connectivity index (χ2n) is 23.5. The smallest absolute Gasteiger partial charge is 0.432 e. The minimum Gasteiger partial charge on any atom is -0.432 e. The number of ether oxygens (including phenoxy) is 17. The van der Waals surface area contributed by atoms with Gasteiger partial charge in [-0.2, -0.15) is 0 Å². The summed E-state index contributed by atoms with van der Waals surface area (Å²) < 4.78 is 189. The van der Waals surface area contributed by atoms with Gasteiger partial charge in [-0.05, 0) is 55.4 Å². The van der Waals surface area contributed by atoms with Crippen LogP contribution in [-0.2, 0) is 117 Å². The van der Waals surface area contributed by atoms with Gasteiger partial charge in [-0.15, -0.1) is 19.3 Å². The lowest BCUT2D eigenvalue weighted by atomic mass is 9.87. The molecule has 6 N–H and O–H groups in total. The van der Waals surface area contributed by atoms with Crippen molar-refractivity contribution in [3.63, 3.8) is 0 Å². The van der Waals surface area contributed by atoms with E-state index in [1.807, 2.05) is 20.9 Å². The molecule has 44 nitrogen and oxygen atoms in total. The molecule has 8 heterocycles. The molecule has 5 aliphatic heterocycles. The van der Waals surface area contributed by atoms with Gasteiger partial charge in [-0.3, -0.25) is 52.1 Å². The van der Waals surface area contributed by atoms with E-state index in [4.69, 9.17) is 108 Å². The van der Waals surface area contributed by atoms with Crippen molar-refractivity contribution < 1.29 is 164 Å². The number of hydrogen-bond acceptors (Lipinski definition) is 38. The fourth-order valence-corrected chi connectivity index (χ4v) is 11.8. The zero-order valence-corrected chi connectivity index (χ0v) is 60.3. The van der Waals surface area contributed by atoms with Crippen molar-refractivity contribution in [2.45, 2.75) is 164 Å². The topological polar surface area (TPSA) is 540 Å². The van der Waals surface area contributed by atoms with Crippen LogP contribution in [0.15, 0.2) is 65.6 Å². The largest absolute Gasteiger partial charge is 0.510 e. The molecule has 3 aromatic rings. The highest BCUT2D eigenvalue weighted by molar-refractivity contribution is 7.48. The van der Waals surface area contributed by atoms with E-state index in [2.05, 4.69) is 30.8 Å². The number of aromatic nitrogens is 6. The summed E-state index contributed by atoms with van der Waals surface area (Å²) in [7, 11) is -7.44. The summed E-state index contributed by atoms with van der Waals surface area (Å²) in [5.41, 5.74) is -16.8. The number of aliphatic hydroxyl groups is 3. The number of carbonyl (C=O) groups is 4. The maximum absolute atomic E-state index is 15.0. The number of phosphoric acid groups is 2. The van der Waals surface area contributed by atoms with Crippen LogP contribution >= 0.6 is 15.6 Å². The number of aliphatic hydroxyl groups excluding tert-OH is 2. The van der Waals surface area contributed by atoms with Crippen molar-refractivity contribution in [2.24, 2.45) is 0 Å². The van der Waals surface area contributed by atoms with E-state index in [1.54, 1.807) is 27.7 Å². The Morgan fingerprint density at radius 1 is 0.528 bits per heavy atom. The monoisotopic (exact) mass is 1590 g/mol. The van der Waals surface area contributed by atoms with E-state index in [-0.39, 0.29) is 0 Å². The second-order valence-corrected chi connectivity index (χ2v) is 26.9. The summed E-state index contributed by atoms with van der Waals surface area (Å²) in [5, 5.41) is 31.1. The zero-order chi connectivity index (χ0) is 80.5. The number of nitrogens with one attached hydrogen (secondary N) is 3. The fraction of sp³-hybridized carbons (Fsp3) is 0.627. The van der Waals surface area contributed by atoms with Crippen molar-refractivity contribution in [3.05, 3.63) is 99.3 Å². The van der Waals surface area contributed by atoms with Crippen molar-refractivity contribution in [1.29, 1.82) is 0 Å². The van der Waals surface area contributed by atoms with Crippen LogP contribution in [0, 0.1) is 37.0 Å². The second kappa shape index (κ2) is 37.2. The van der Waals surface area contributed by atoms with Gasteiger partial charge in [0, 0.05) is 51.0 Å². The fourth-order valence-electron chi connectivity index (χ4n) is 9.89. The molecule has 0 saturated carbocycles. The minimum absolute atomic E-state index is 0.560. The first-order chi connectivity index (χ1) is 50.7. The van der Waals surface area contributed by atoms with E-state index in [9.17, 15) is 85.6 Å². The molecule has 0 spiro atoms. The third kappa shape index (κ3) is 20.6. The number of terminal acetylenes is 3. The van der Waals surface area contributed by atoms with Crippen LogP contribution in [0.5, 0.6) is 0 Å². The lowest BCUT2D eigenvalue weighted by Gasteiger charge is -2.31. The van der Waals surface area contributed by atoms with Crippen molar-refractivity contribution in [3.8, 4) is 37.0 Å². The van der Waals surface area contributed by atoms with E-state index in [0.29, 0.717) is 4.57 Å². The highest BCUT2D eigenvalue weighted by atomic mass is 31.2. The summed E-state index contributed by atoms with van der Waals surface area (Å²) >= 11 is 0. The highest BCUT2D eigenvalue weighted by Gasteiger charge is 2.74. The SMILES string of the molecule is C#C[C@@]1(O)[C@H](O)[C@@](CF)(COP(=O)(OCOC(=O)OC(C)C)OCOC(=O)OC(C)C)O[C@H]1n1ccc(=O)[nH]c1=O.C#C[C@@]12OC(OC)O[C@@H]1[C@@](CF)(COP(=O)(OCOC(=O)OC(C)C)OCOC(=O)OC(C)C)O[C@H]2n1ccc(=O)[nH]c1=O.C#C[C@@]12OC(OC)O[C@@H]1[C@@](F)(CO)O[C@H]2n1ccc(=O)[nH]c1=O. The number of alkyl halides is 3. The third-order valence-corrected chi connectivity index (χ3v) is 17.2. The highest BCUT2D eigenvalue weighted by Crippen LogP contribution is 2.58. The summed E-state index contributed by atoms with van der Waals surface area (Å²) in [5.74, 6) is 3.63. The third-order valence-electron chi connectivity index (χ3n) is 14.6. The molecule has 14 atom stereocenters. The van der Waals surface area contributed by atoms with Gasteiger partial charge in [-0.25, -0.2) is 74.0 Å². The molecule has 0 amide bonds. The van der Waals surface area contributed by atoms with Gasteiger partial charge >= 0.3 is 57.3 Å². The average molecular weight is 1600 g/mol. The van der Waals surface area contributed by atoms with Crippen molar-refractivity contribution >= 4 is 40.3 Å². The molecular formula is C59H75F3N6O38P2. The van der Waals surface area contributed by atoms with Crippen LogP contribution in [0.25, 0.3) is 0 Å². The molecule has 5 aliphatic rings. The lowest BCUT2D eigenvalue weighted by molar-refractivity contribution is -0.298. The number of methoxy groups -OCH3 is 2. The maximum atomic E-state index is 15.0. The summed E-state index contributed by atoms with van der Waals surface area (Å²) in [6.07, 6.45) is 1.89. The predicted molar refractivity (Wildman–Crippen MR) is 341 cm³/mol. The average Bonchev–Trinajstić information content (AvgIpc) is 1.55. The molecular weight excluding hydrogens is 1520 g/mol. The Balaban J connectivity index is 0.000000265. The number of aromatic amines is 3. The van der Waals surface area contributed by atoms with Crippen LogP contribution in [-0.4, -0.2) is 233 Å². The van der Waals surface area contributed by atoms with Crippen molar-refractivity contribution in [1.82, 2.24) is 28.7 Å². The number of H-pyrrole nitrogens is 3. The van der Waals surface area contributed by atoms with Gasteiger partial charge in [0.2, 0.25) is 38.4 Å². The van der Waals surface area contributed by atoms with E-state index < -0.39 is 243 Å². The standard InChI is InChI=1S/C24H32FN2O16P.C22H30FN2O15P.C13H13FN2O7/c1-7-24-17(41-22(33-6)43-24)23(10-25,42-18(24)27-9-8-16(28)26-19(27)29)11-36-44(32,37-12-34-20(30)39-14(2)3)38-13-35-21(31)40-15(4)5;1-6-22(31)16(27)21(9-23,40-17(22)25-8-7-15(26)24-18(25)28)10-35-41(32,36-11-33-19(29)38-13(2)3)37-12-34-20(30)39-14(4)5;1-3-12-8(21-11(20-2)23-12)13(14,6-17)22-9(12)16-5-4-7(18)15-10(16)19/h1,8-9,14-15,17-18,22H,10-13H2,2-6H3,(H,26,28,29);1,7-8,13-14,16-17,27,31H,9-12H2,2-5H3,(H,24,26,28);1,4-5,8-9,11,17H,6H2,2H3,(H,15,18,19)/t17-,18-,22?,23-,24-;16-,17-,21-,22-;8-,9+,11?,12+,13+/m110/s1. The number of halogens is 3. The molecule has 5 fully saturated rings. The van der Waals surface area contributed by atoms with Crippen LogP contribution in [0.4, 0.5) is 32.3 Å². The first kappa shape index (κ1) is 88.2. The molecule has 49 heteroatoms. The van der Waals surface area contributed by atoms with Gasteiger partial charge in [-0.1, -0.05) is 17.8 Å². The molecule has 5 saturated heterocycles. The molecule has 8 rings (SSSR count). The summed E-state index contributed by atoms with van der Waals surface area (Å²) in [6, 6.07) is 2.87. The Labute approximate surface area is 606 Å². The maximum Gasteiger partial charge on any atom is 0.510 e. The Morgan fingerprint density at radius 2 is 0.852 bits per heavy atom. The van der Waals surface area contributed by atoms with E-state index in [0.717, 1.165) is 45.9 Å². The Kier molecular flexibility index (Phi) is 30.4. The van der Waals surface area contributed by atoms with Gasteiger partial charge < -0.3 is 95.8 Å². The lowest BCUT2D eigenvalue weighted by Crippen LogP contribution is -2.54. The zero-order valence-electron chi connectivity index (χ0n) is 58.5. The normalized spacial score (nSPS) is 28.2. The number of fused-ring (bicyclic) bond motifs is 2. The number of carbonyl (C=O) groups excluding carboxylic acids is 4. The van der Waals surface area contributed by atoms with Gasteiger partial charge in [0.15, 0.2) is 41.6 Å². The number of rotatable bonds is 30. The molecule has 0 aromatic carbocycles. The first-order valence-corrected chi connectivity index (χ1v) is 34.0. The number of hydrogen-bond donors (Lipinski definition) is 6. The van der Waals surface area contributed by atoms with E-state index >= 15 is 0 Å². The van der Waals surface area contributed by atoms with Crippen molar-refractivity contribution in [2.75, 3.05) is 74.6 Å². The Hall–Kier alpha value is -8.67. The molecule has 3 aromatic heterocycles. The molecule has 108 heavy (non-hydrogen) atoms. The Bertz CT molecular complexity index is 4180. The molecule has 2 unspecified atom stereocenters. The first-order valence-electron chi connectivity index (χ1n) is 31.1. The minimum atomic E-state index is -4.97. The van der Waals surface area contributed by atoms with Crippen LogP contribution in [0.2, 0.25) is 0 Å². The summed E-state index contributed by atoms with van der Waals surface area (Å²) in [6.45, 7) is -1.33. The van der Waals surface area contributed by atoms with Crippen LogP contribution < -0.4 is 33.7 Å². The van der Waals surface area contributed by atoms with Crippen LogP contribution in [0.1, 0.15) is 74.1 Å². The van der Waals surface area contributed by atoms with Gasteiger partial charge in [0.05, 0.1) is 37.6 Å². The quantitative estimate of drug-likeness (QED) is 0.0177. The van der Waals surface area contributed by atoms with Gasteiger partial charge in [0.25, 0.3) is 35.5 Å². The van der Waals surface area contributed by atoms with Gasteiger partial charge in [0.1, 0.15) is 32.2 Å². The summed E-state index contributed by atoms with van der Waals surface area (Å²) in [4.78, 5) is 124. The number of phosphoric ester groups is 2. The van der Waals surface area contributed by atoms with E-state index in [1.165, 1.54) is 41.9 Å². The molecule has 0 radical (unpaired) electrons. The molecule has 0 aliphatic carbocycles. The number of nitrogens with zero attached hydrogens (tertiary/aromatic N) is 3. The Morgan fingerprint density at radius 3 is 1.17 bits per heavy atom. The molecule has 0 bridgehead atoms. The van der Waals surface area contributed by atoms with Crippen LogP contribution in [0.3, 0.4) is 0 Å².